The largest absolute Gasteiger partial charge is 0.368 e. The van der Waals surface area contributed by atoms with Crippen molar-refractivity contribution in [2.45, 2.75) is 19.4 Å². The molecule has 33 heavy (non-hydrogen) atoms. The molecule has 1 saturated heterocycles. The predicted molar refractivity (Wildman–Crippen MR) is 135 cm³/mol. The fourth-order valence-corrected chi connectivity index (χ4v) is 4.65. The average molecular weight is 459 g/mol. The highest BCUT2D eigenvalue weighted by Crippen LogP contribution is 2.27. The first-order chi connectivity index (χ1) is 16.1. The summed E-state index contributed by atoms with van der Waals surface area (Å²) in [5, 5.41) is 0.745. The SMILES string of the molecule is Cc1cccc(N2C(=O)C(Cc3ccccc3)N=C2N2CCN(c3ccc(Cl)cc3)CC2)c1. The fourth-order valence-electron chi connectivity index (χ4n) is 4.52. The van der Waals surface area contributed by atoms with Gasteiger partial charge < -0.3 is 9.80 Å². The predicted octanol–water partition coefficient (Wildman–Crippen LogP) is 4.78. The fraction of sp³-hybridized carbons (Fsp3) is 0.259. The van der Waals surface area contributed by atoms with Crippen LogP contribution in [-0.4, -0.2) is 49.0 Å². The lowest BCUT2D eigenvalue weighted by molar-refractivity contribution is -0.118. The minimum absolute atomic E-state index is 0.0413. The van der Waals surface area contributed by atoms with E-state index < -0.39 is 6.04 Å². The molecule has 0 aromatic heterocycles. The van der Waals surface area contributed by atoms with E-state index in [0.717, 1.165) is 54.0 Å². The molecule has 3 aromatic rings. The number of halogens is 1. The monoisotopic (exact) mass is 458 g/mol. The van der Waals surface area contributed by atoms with Gasteiger partial charge in [0.2, 0.25) is 5.96 Å². The maximum atomic E-state index is 13.6. The van der Waals surface area contributed by atoms with Crippen molar-refractivity contribution in [2.75, 3.05) is 36.0 Å². The van der Waals surface area contributed by atoms with Gasteiger partial charge in [0.1, 0.15) is 6.04 Å². The van der Waals surface area contributed by atoms with Crippen LogP contribution in [0.25, 0.3) is 0 Å². The van der Waals surface area contributed by atoms with Gasteiger partial charge in [0.15, 0.2) is 0 Å². The van der Waals surface area contributed by atoms with Crippen molar-refractivity contribution in [3.05, 3.63) is 95.0 Å². The topological polar surface area (TPSA) is 39.2 Å². The van der Waals surface area contributed by atoms with E-state index in [1.165, 1.54) is 5.69 Å². The lowest BCUT2D eigenvalue weighted by Crippen LogP contribution is -2.53. The number of hydrogen-bond donors (Lipinski definition) is 0. The van der Waals surface area contributed by atoms with Crippen molar-refractivity contribution in [3.63, 3.8) is 0 Å². The van der Waals surface area contributed by atoms with Crippen LogP contribution >= 0.6 is 11.6 Å². The van der Waals surface area contributed by atoms with Crippen LogP contribution in [0.2, 0.25) is 5.02 Å². The number of rotatable bonds is 4. The molecule has 0 bridgehead atoms. The number of aliphatic imine (C=N–C) groups is 1. The highest BCUT2D eigenvalue weighted by Gasteiger charge is 2.39. The van der Waals surface area contributed by atoms with Crippen molar-refractivity contribution in [3.8, 4) is 0 Å². The summed E-state index contributed by atoms with van der Waals surface area (Å²) >= 11 is 6.05. The lowest BCUT2D eigenvalue weighted by atomic mass is 10.1. The Bertz CT molecular complexity index is 1150. The molecule has 0 radical (unpaired) electrons. The summed E-state index contributed by atoms with van der Waals surface area (Å²) in [5.41, 5.74) is 4.30. The molecule has 0 N–H and O–H groups in total. The molecular weight excluding hydrogens is 432 g/mol. The minimum atomic E-state index is -0.405. The summed E-state index contributed by atoms with van der Waals surface area (Å²) in [7, 11) is 0. The van der Waals surface area contributed by atoms with Gasteiger partial charge in [-0.15, -0.1) is 0 Å². The number of aryl methyl sites for hydroxylation is 1. The molecule has 0 saturated carbocycles. The number of guanidine groups is 1. The molecule has 0 aliphatic carbocycles. The van der Waals surface area contributed by atoms with Crippen LogP contribution < -0.4 is 9.80 Å². The highest BCUT2D eigenvalue weighted by atomic mass is 35.5. The zero-order valence-corrected chi connectivity index (χ0v) is 19.4. The minimum Gasteiger partial charge on any atom is -0.368 e. The van der Waals surface area contributed by atoms with E-state index in [2.05, 4.69) is 40.1 Å². The molecule has 1 amide bonds. The van der Waals surface area contributed by atoms with E-state index in [1.807, 2.05) is 60.4 Å². The van der Waals surface area contributed by atoms with E-state index >= 15 is 0 Å². The number of benzene rings is 3. The summed E-state index contributed by atoms with van der Waals surface area (Å²) in [4.78, 5) is 24.9. The molecule has 2 aliphatic rings. The lowest BCUT2D eigenvalue weighted by Gasteiger charge is -2.38. The van der Waals surface area contributed by atoms with Crippen LogP contribution in [0.3, 0.4) is 0 Å². The van der Waals surface area contributed by atoms with Crippen molar-refractivity contribution < 1.29 is 4.79 Å². The van der Waals surface area contributed by atoms with Crippen molar-refractivity contribution >= 4 is 34.8 Å². The molecule has 6 heteroatoms. The molecule has 0 spiro atoms. The maximum absolute atomic E-state index is 13.6. The zero-order chi connectivity index (χ0) is 22.8. The van der Waals surface area contributed by atoms with E-state index in [1.54, 1.807) is 0 Å². The Kier molecular flexibility index (Phi) is 6.05. The third-order valence-corrected chi connectivity index (χ3v) is 6.51. The second kappa shape index (κ2) is 9.28. The van der Waals surface area contributed by atoms with E-state index in [9.17, 15) is 4.79 Å². The Morgan fingerprint density at radius 3 is 2.24 bits per heavy atom. The Morgan fingerprint density at radius 1 is 0.848 bits per heavy atom. The smallest absolute Gasteiger partial charge is 0.259 e. The number of piperazine rings is 1. The molecule has 3 aromatic carbocycles. The first-order valence-electron chi connectivity index (χ1n) is 11.4. The summed E-state index contributed by atoms with van der Waals surface area (Å²) in [6.45, 7) is 5.37. The maximum Gasteiger partial charge on any atom is 0.259 e. The molecule has 5 nitrogen and oxygen atoms in total. The molecule has 2 aliphatic heterocycles. The molecule has 1 fully saturated rings. The standard InChI is InChI=1S/C27H27ClN4O/c1-20-6-5-9-24(18-20)32-26(33)25(19-21-7-3-2-4-8-21)29-27(32)31-16-14-30(15-17-31)23-12-10-22(28)11-13-23/h2-13,18,25H,14-17,19H2,1H3. The number of amides is 1. The van der Waals surface area contributed by atoms with Crippen LogP contribution in [0.1, 0.15) is 11.1 Å². The second-order valence-corrected chi connectivity index (χ2v) is 9.03. The van der Waals surface area contributed by atoms with Crippen LogP contribution in [0, 0.1) is 6.92 Å². The second-order valence-electron chi connectivity index (χ2n) is 8.60. The van der Waals surface area contributed by atoms with Gasteiger partial charge in [0.25, 0.3) is 5.91 Å². The first kappa shape index (κ1) is 21.5. The van der Waals surface area contributed by atoms with Crippen LogP contribution in [0.15, 0.2) is 83.9 Å². The Morgan fingerprint density at radius 2 is 1.55 bits per heavy atom. The van der Waals surface area contributed by atoms with Gasteiger partial charge in [-0.3, -0.25) is 4.79 Å². The van der Waals surface area contributed by atoms with Crippen molar-refractivity contribution in [1.82, 2.24) is 4.90 Å². The summed E-state index contributed by atoms with van der Waals surface area (Å²) in [6.07, 6.45) is 0.607. The molecule has 2 heterocycles. The van der Waals surface area contributed by atoms with Gasteiger partial charge in [0.05, 0.1) is 5.69 Å². The summed E-state index contributed by atoms with van der Waals surface area (Å²) in [5.74, 6) is 0.807. The molecule has 1 unspecified atom stereocenters. The zero-order valence-electron chi connectivity index (χ0n) is 18.7. The molecular formula is C27H27ClN4O. The first-order valence-corrected chi connectivity index (χ1v) is 11.7. The van der Waals surface area contributed by atoms with Gasteiger partial charge in [-0.1, -0.05) is 54.1 Å². The van der Waals surface area contributed by atoms with E-state index in [0.29, 0.717) is 6.42 Å². The van der Waals surface area contributed by atoms with Gasteiger partial charge in [-0.25, -0.2) is 9.89 Å². The van der Waals surface area contributed by atoms with Gasteiger partial charge >= 0.3 is 0 Å². The van der Waals surface area contributed by atoms with Gasteiger partial charge in [0, 0.05) is 43.3 Å². The van der Waals surface area contributed by atoms with E-state index in [4.69, 9.17) is 16.6 Å². The van der Waals surface area contributed by atoms with Crippen LogP contribution in [0.4, 0.5) is 11.4 Å². The quantitative estimate of drug-likeness (QED) is 0.564. The van der Waals surface area contributed by atoms with Gasteiger partial charge in [-0.05, 0) is 54.4 Å². The average Bonchev–Trinajstić information content (AvgIpc) is 3.16. The Balaban J connectivity index is 1.39. The van der Waals surface area contributed by atoms with E-state index in [-0.39, 0.29) is 5.91 Å². The summed E-state index contributed by atoms with van der Waals surface area (Å²) in [6, 6.07) is 25.8. The Labute approximate surface area is 199 Å². The van der Waals surface area contributed by atoms with Crippen LogP contribution in [0.5, 0.6) is 0 Å². The molecule has 168 valence electrons. The number of hydrogen-bond acceptors (Lipinski definition) is 4. The number of anilines is 2. The van der Waals surface area contributed by atoms with Crippen molar-refractivity contribution in [1.29, 1.82) is 0 Å². The van der Waals surface area contributed by atoms with Crippen molar-refractivity contribution in [2.24, 2.45) is 4.99 Å². The number of carbonyl (C=O) groups is 1. The third kappa shape index (κ3) is 4.60. The highest BCUT2D eigenvalue weighted by molar-refractivity contribution is 6.30. The van der Waals surface area contributed by atoms with Gasteiger partial charge in [-0.2, -0.15) is 0 Å². The number of carbonyl (C=O) groups excluding carboxylic acids is 1. The Hall–Kier alpha value is -3.31. The third-order valence-electron chi connectivity index (χ3n) is 6.26. The summed E-state index contributed by atoms with van der Waals surface area (Å²) < 4.78 is 0. The molecule has 5 rings (SSSR count). The molecule has 1 atom stereocenters. The normalized spacial score (nSPS) is 18.6. The number of nitrogens with zero attached hydrogens (tertiary/aromatic N) is 4. The van der Waals surface area contributed by atoms with Crippen LogP contribution in [-0.2, 0) is 11.2 Å².